The minimum absolute atomic E-state index is 0.0634. The molecule has 124 valence electrons. The zero-order valence-corrected chi connectivity index (χ0v) is 12.8. The number of amides is 1. The van der Waals surface area contributed by atoms with E-state index in [1.165, 1.54) is 14.0 Å². The Kier molecular flexibility index (Phi) is 3.74. The van der Waals surface area contributed by atoms with Gasteiger partial charge >= 0.3 is 6.18 Å². The van der Waals surface area contributed by atoms with Gasteiger partial charge in [-0.1, -0.05) is 0 Å². The number of benzene rings is 1. The van der Waals surface area contributed by atoms with Crippen LogP contribution in [0.25, 0.3) is 10.9 Å². The Bertz CT molecular complexity index is 752. The monoisotopic (exact) mass is 326 g/mol. The molecule has 1 amide bonds. The number of nitrogens with zero attached hydrogens (tertiary/aromatic N) is 1. The van der Waals surface area contributed by atoms with E-state index in [-0.39, 0.29) is 12.2 Å². The van der Waals surface area contributed by atoms with Gasteiger partial charge in [0.15, 0.2) is 6.04 Å². The number of carbonyl (C=O) groups is 1. The van der Waals surface area contributed by atoms with E-state index in [1.807, 2.05) is 0 Å². The number of rotatable bonds is 1. The lowest BCUT2D eigenvalue weighted by molar-refractivity contribution is -0.191. The lowest BCUT2D eigenvalue weighted by Gasteiger charge is -2.30. The molecule has 0 radical (unpaired) electrons. The first-order chi connectivity index (χ1) is 10.8. The molecule has 4 nitrogen and oxygen atoms in total. The summed E-state index contributed by atoms with van der Waals surface area (Å²) in [6.07, 6.45) is -3.56. The third kappa shape index (κ3) is 2.64. The van der Waals surface area contributed by atoms with Gasteiger partial charge in [0.05, 0.1) is 12.8 Å². The van der Waals surface area contributed by atoms with Crippen molar-refractivity contribution in [1.82, 2.24) is 9.88 Å². The Hall–Kier alpha value is -2.18. The molecule has 1 aliphatic heterocycles. The minimum atomic E-state index is -4.53. The van der Waals surface area contributed by atoms with E-state index in [0.29, 0.717) is 29.7 Å². The quantitative estimate of drug-likeness (QED) is 0.871. The molecule has 0 aliphatic carbocycles. The van der Waals surface area contributed by atoms with Gasteiger partial charge in [-0.25, -0.2) is 0 Å². The highest BCUT2D eigenvalue weighted by molar-refractivity contribution is 5.87. The molecule has 0 fully saturated rings. The van der Waals surface area contributed by atoms with E-state index >= 15 is 0 Å². The van der Waals surface area contributed by atoms with Crippen molar-refractivity contribution in [3.05, 3.63) is 29.5 Å². The number of methoxy groups -OCH3 is 1. The summed E-state index contributed by atoms with van der Waals surface area (Å²) in [6.45, 7) is 1.27. The van der Waals surface area contributed by atoms with Gasteiger partial charge in [-0.3, -0.25) is 4.79 Å². The third-order valence-electron chi connectivity index (χ3n) is 4.27. The molecular formula is C16H17F3N2O2. The number of nitrogens with one attached hydrogen (secondary N) is 1. The number of fused-ring (bicyclic) bond motifs is 3. The van der Waals surface area contributed by atoms with Gasteiger partial charge in [-0.2, -0.15) is 13.2 Å². The highest BCUT2D eigenvalue weighted by atomic mass is 19.4. The van der Waals surface area contributed by atoms with Crippen molar-refractivity contribution >= 4 is 16.8 Å². The van der Waals surface area contributed by atoms with Crippen molar-refractivity contribution < 1.29 is 22.7 Å². The van der Waals surface area contributed by atoms with Crippen LogP contribution in [0.1, 0.15) is 30.6 Å². The molecule has 0 saturated carbocycles. The predicted molar refractivity (Wildman–Crippen MR) is 79.4 cm³/mol. The van der Waals surface area contributed by atoms with Crippen molar-refractivity contribution in [2.75, 3.05) is 13.7 Å². The normalized spacial score (nSPS) is 18.7. The highest BCUT2D eigenvalue weighted by Crippen LogP contribution is 2.43. The van der Waals surface area contributed by atoms with Gasteiger partial charge < -0.3 is 14.6 Å². The number of aromatic amines is 1. The fourth-order valence-corrected chi connectivity index (χ4v) is 3.27. The Balaban J connectivity index is 2.23. The zero-order chi connectivity index (χ0) is 16.8. The smallest absolute Gasteiger partial charge is 0.414 e. The molecule has 1 aromatic heterocycles. The van der Waals surface area contributed by atoms with Gasteiger partial charge in [0.25, 0.3) is 0 Å². The second-order valence-corrected chi connectivity index (χ2v) is 5.69. The molecule has 7 heteroatoms. The molecule has 1 N–H and O–H groups in total. The lowest BCUT2D eigenvalue weighted by atomic mass is 10.0. The van der Waals surface area contributed by atoms with Crippen LogP contribution >= 0.6 is 0 Å². The van der Waals surface area contributed by atoms with Crippen LogP contribution in [0, 0.1) is 0 Å². The van der Waals surface area contributed by atoms with Gasteiger partial charge in [-0.15, -0.1) is 0 Å². The van der Waals surface area contributed by atoms with E-state index < -0.39 is 18.1 Å². The first-order valence-electron chi connectivity index (χ1n) is 7.35. The molecule has 0 spiro atoms. The molecule has 1 aromatic carbocycles. The van der Waals surface area contributed by atoms with Crippen LogP contribution < -0.4 is 4.74 Å². The van der Waals surface area contributed by atoms with Crippen molar-refractivity contribution in [3.63, 3.8) is 0 Å². The molecule has 1 aliphatic rings. The molecule has 0 bridgehead atoms. The first kappa shape index (κ1) is 15.7. The second-order valence-electron chi connectivity index (χ2n) is 5.69. The molecule has 1 atom stereocenters. The molecule has 2 aromatic rings. The van der Waals surface area contributed by atoms with Crippen LogP contribution in [0.2, 0.25) is 0 Å². The third-order valence-corrected chi connectivity index (χ3v) is 4.27. The average Bonchev–Trinajstić information content (AvgIpc) is 2.69. The Morgan fingerprint density at radius 2 is 2.13 bits per heavy atom. The van der Waals surface area contributed by atoms with Crippen molar-refractivity contribution in [2.24, 2.45) is 0 Å². The summed E-state index contributed by atoms with van der Waals surface area (Å²) in [5, 5.41) is 0.721. The number of H-pyrrole nitrogens is 1. The Labute approximate surface area is 131 Å². The van der Waals surface area contributed by atoms with E-state index in [0.717, 1.165) is 10.3 Å². The number of alkyl halides is 3. The van der Waals surface area contributed by atoms with Crippen LogP contribution in [0.3, 0.4) is 0 Å². The SMILES string of the molecule is COc1ccc2[nH]c3c(c2c1)CCCN(C(C)=O)C3C(F)(F)F. The van der Waals surface area contributed by atoms with Crippen molar-refractivity contribution in [2.45, 2.75) is 32.0 Å². The first-order valence-corrected chi connectivity index (χ1v) is 7.35. The zero-order valence-electron chi connectivity index (χ0n) is 12.8. The summed E-state index contributed by atoms with van der Waals surface area (Å²) in [5.74, 6) is 0.0203. The number of aryl methyl sites for hydroxylation is 1. The van der Waals surface area contributed by atoms with Crippen LogP contribution in [-0.2, 0) is 11.2 Å². The number of halogens is 3. The van der Waals surface area contributed by atoms with Gasteiger partial charge in [0, 0.05) is 24.4 Å². The largest absolute Gasteiger partial charge is 0.497 e. The molecule has 0 saturated heterocycles. The summed E-state index contributed by atoms with van der Waals surface area (Å²) in [4.78, 5) is 15.5. The van der Waals surface area contributed by atoms with Gasteiger partial charge in [0.1, 0.15) is 5.75 Å². The Morgan fingerprint density at radius 1 is 1.39 bits per heavy atom. The highest BCUT2D eigenvalue weighted by Gasteiger charge is 2.48. The van der Waals surface area contributed by atoms with Crippen molar-refractivity contribution in [1.29, 1.82) is 0 Å². The maximum atomic E-state index is 13.6. The molecule has 23 heavy (non-hydrogen) atoms. The van der Waals surface area contributed by atoms with Crippen LogP contribution in [0.4, 0.5) is 13.2 Å². The maximum absolute atomic E-state index is 13.6. The van der Waals surface area contributed by atoms with Crippen LogP contribution in [0.15, 0.2) is 18.2 Å². The Morgan fingerprint density at radius 3 is 2.74 bits per heavy atom. The fourth-order valence-electron chi connectivity index (χ4n) is 3.27. The van der Waals surface area contributed by atoms with E-state index in [9.17, 15) is 18.0 Å². The van der Waals surface area contributed by atoms with Gasteiger partial charge in [0.2, 0.25) is 5.91 Å². The lowest BCUT2D eigenvalue weighted by Crippen LogP contribution is -2.41. The predicted octanol–water partition coefficient (Wildman–Crippen LogP) is 3.57. The molecule has 3 rings (SSSR count). The molecule has 1 unspecified atom stereocenters. The number of carbonyl (C=O) groups excluding carboxylic acids is 1. The minimum Gasteiger partial charge on any atom is -0.497 e. The number of ether oxygens (including phenoxy) is 1. The van der Waals surface area contributed by atoms with E-state index in [1.54, 1.807) is 18.2 Å². The summed E-state index contributed by atoms with van der Waals surface area (Å²) in [6, 6.07) is 3.20. The average molecular weight is 326 g/mol. The number of aromatic nitrogens is 1. The van der Waals surface area contributed by atoms with Crippen molar-refractivity contribution in [3.8, 4) is 5.75 Å². The second kappa shape index (κ2) is 5.47. The fraction of sp³-hybridized carbons (Fsp3) is 0.438. The van der Waals surface area contributed by atoms with Crippen LogP contribution in [-0.4, -0.2) is 35.6 Å². The van der Waals surface area contributed by atoms with Crippen LogP contribution in [0.5, 0.6) is 5.75 Å². The molecule has 2 heterocycles. The summed E-state index contributed by atoms with van der Waals surface area (Å²) in [5.41, 5.74) is 1.30. The number of hydrogen-bond donors (Lipinski definition) is 1. The summed E-state index contributed by atoms with van der Waals surface area (Å²) in [7, 11) is 1.52. The standard InChI is InChI=1S/C16H17F3N2O2/c1-9(22)21-7-3-4-11-12-8-10(23-2)5-6-13(12)20-14(11)15(21)16(17,18)19/h5-6,8,15,20H,3-4,7H2,1-2H3. The summed E-state index contributed by atoms with van der Waals surface area (Å²) >= 11 is 0. The number of hydrogen-bond acceptors (Lipinski definition) is 2. The van der Waals surface area contributed by atoms with E-state index in [4.69, 9.17) is 4.74 Å². The van der Waals surface area contributed by atoms with Gasteiger partial charge in [-0.05, 0) is 36.6 Å². The maximum Gasteiger partial charge on any atom is 0.414 e. The van der Waals surface area contributed by atoms with E-state index in [2.05, 4.69) is 4.98 Å². The molecular weight excluding hydrogens is 309 g/mol. The summed E-state index contributed by atoms with van der Waals surface area (Å²) < 4.78 is 46.1. The topological polar surface area (TPSA) is 45.3 Å².